The van der Waals surface area contributed by atoms with Crippen molar-refractivity contribution >= 4 is 29.2 Å². The van der Waals surface area contributed by atoms with E-state index in [2.05, 4.69) is 10.6 Å². The molecule has 1 aliphatic carbocycles. The number of anilines is 2. The van der Waals surface area contributed by atoms with Gasteiger partial charge in [-0.05, 0) is 37.5 Å². The molecule has 1 saturated carbocycles. The number of aryl methyl sites for hydroxylation is 1. The zero-order chi connectivity index (χ0) is 20.7. The Kier molecular flexibility index (Phi) is 4.70. The maximum atomic E-state index is 12.8. The van der Waals surface area contributed by atoms with Crippen LogP contribution in [0, 0.1) is 12.8 Å². The Hall–Kier alpha value is -3.42. The van der Waals surface area contributed by atoms with E-state index >= 15 is 0 Å². The normalized spacial score (nSPS) is 16.4. The number of fused-ring (bicyclic) bond motifs is 1. The average molecular weight is 394 g/mol. The number of hydrogen-bond donors (Lipinski definition) is 3. The molecule has 0 bridgehead atoms. The topological polar surface area (TPSA) is 123 Å². The van der Waals surface area contributed by atoms with E-state index in [1.54, 1.807) is 12.1 Å². The van der Waals surface area contributed by atoms with Crippen molar-refractivity contribution in [3.63, 3.8) is 0 Å². The second-order valence-electron chi connectivity index (χ2n) is 7.62. The molecule has 0 radical (unpaired) electrons. The molecule has 8 nitrogen and oxygen atoms in total. The van der Waals surface area contributed by atoms with E-state index in [4.69, 9.17) is 5.73 Å². The molecule has 0 saturated heterocycles. The monoisotopic (exact) mass is 394 g/mol. The zero-order valence-electron chi connectivity index (χ0n) is 16.1. The Morgan fingerprint density at radius 1 is 1.10 bits per heavy atom. The van der Waals surface area contributed by atoms with Crippen LogP contribution in [0.25, 0.3) is 5.69 Å². The number of pyridine rings is 1. The van der Waals surface area contributed by atoms with Crippen molar-refractivity contribution in [1.29, 1.82) is 0 Å². The van der Waals surface area contributed by atoms with Crippen LogP contribution in [0.15, 0.2) is 29.1 Å². The third kappa shape index (κ3) is 3.30. The molecule has 4 rings (SSSR count). The minimum atomic E-state index is -0.643. The Morgan fingerprint density at radius 2 is 1.83 bits per heavy atom. The number of nitrogens with two attached hydrogens (primary N) is 1. The van der Waals surface area contributed by atoms with E-state index in [1.165, 1.54) is 4.57 Å². The third-order valence-electron chi connectivity index (χ3n) is 5.58. The fourth-order valence-corrected chi connectivity index (χ4v) is 4.06. The first kappa shape index (κ1) is 18.9. The van der Waals surface area contributed by atoms with Crippen molar-refractivity contribution < 1.29 is 14.4 Å². The van der Waals surface area contributed by atoms with E-state index in [1.807, 2.05) is 13.0 Å². The summed E-state index contributed by atoms with van der Waals surface area (Å²) in [5.41, 5.74) is 7.19. The van der Waals surface area contributed by atoms with Gasteiger partial charge in [-0.3, -0.25) is 29.1 Å². The number of hydrogen-bond acceptors (Lipinski definition) is 5. The number of nitrogen functional groups attached to an aromatic ring is 1. The van der Waals surface area contributed by atoms with Crippen LogP contribution in [-0.2, 0) is 4.79 Å². The van der Waals surface area contributed by atoms with Crippen molar-refractivity contribution in [2.75, 3.05) is 11.1 Å². The summed E-state index contributed by atoms with van der Waals surface area (Å²) in [4.78, 5) is 49.5. The first-order valence-electron chi connectivity index (χ1n) is 9.70. The minimum absolute atomic E-state index is 0.0272. The number of imide groups is 1. The highest BCUT2D eigenvalue weighted by atomic mass is 16.2. The number of nitrogens with one attached hydrogen (secondary N) is 2. The summed E-state index contributed by atoms with van der Waals surface area (Å²) in [6, 6.07) is 6.36. The molecular weight excluding hydrogens is 372 g/mol. The summed E-state index contributed by atoms with van der Waals surface area (Å²) >= 11 is 0. The molecular formula is C21H22N4O4. The molecule has 150 valence electrons. The molecule has 2 heterocycles. The molecule has 8 heteroatoms. The lowest BCUT2D eigenvalue weighted by Gasteiger charge is -2.22. The second kappa shape index (κ2) is 7.20. The van der Waals surface area contributed by atoms with Gasteiger partial charge in [0.15, 0.2) is 0 Å². The zero-order valence-corrected chi connectivity index (χ0v) is 16.1. The number of aromatic nitrogens is 1. The van der Waals surface area contributed by atoms with E-state index in [0.29, 0.717) is 11.4 Å². The van der Waals surface area contributed by atoms with Crippen molar-refractivity contribution in [1.82, 2.24) is 9.88 Å². The highest BCUT2D eigenvalue weighted by molar-refractivity contribution is 6.23. The van der Waals surface area contributed by atoms with Crippen LogP contribution in [0.4, 0.5) is 11.5 Å². The van der Waals surface area contributed by atoms with Crippen molar-refractivity contribution in [3.05, 3.63) is 51.3 Å². The quantitative estimate of drug-likeness (QED) is 0.688. The van der Waals surface area contributed by atoms with E-state index < -0.39 is 17.4 Å². The van der Waals surface area contributed by atoms with Gasteiger partial charge in [0.1, 0.15) is 5.82 Å². The molecule has 0 unspecified atom stereocenters. The van der Waals surface area contributed by atoms with Gasteiger partial charge in [-0.2, -0.15) is 0 Å². The highest BCUT2D eigenvalue weighted by Gasteiger charge is 2.32. The molecule has 1 aromatic heterocycles. The number of amides is 3. The van der Waals surface area contributed by atoms with Crippen LogP contribution < -0.4 is 21.9 Å². The number of benzene rings is 1. The smallest absolute Gasteiger partial charge is 0.262 e. The number of carbonyl (C=O) groups is 3. The van der Waals surface area contributed by atoms with Crippen molar-refractivity contribution in [3.8, 4) is 5.69 Å². The van der Waals surface area contributed by atoms with Gasteiger partial charge in [0.25, 0.3) is 17.4 Å². The van der Waals surface area contributed by atoms with Crippen LogP contribution >= 0.6 is 0 Å². The Labute approximate surface area is 167 Å². The van der Waals surface area contributed by atoms with Gasteiger partial charge in [-0.1, -0.05) is 25.3 Å². The number of nitrogens with zero attached hydrogens (tertiary/aromatic N) is 1. The predicted molar refractivity (Wildman–Crippen MR) is 108 cm³/mol. The van der Waals surface area contributed by atoms with Crippen molar-refractivity contribution in [2.24, 2.45) is 5.92 Å². The molecule has 1 aromatic carbocycles. The standard InChI is InChI=1S/C21H22N4O4/c1-11-7-8-14(23-19(27)12-5-3-2-4-6-12)15(9-11)25-16(26)10-13-17(18(25)22)21(29)24-20(13)28/h7-10,12H,2-6,22H2,1H3,(H,23,27)(H,24,28,29). The molecule has 3 amide bonds. The summed E-state index contributed by atoms with van der Waals surface area (Å²) in [5.74, 6) is -1.56. The van der Waals surface area contributed by atoms with Crippen molar-refractivity contribution in [2.45, 2.75) is 39.0 Å². The molecule has 1 aliphatic heterocycles. The summed E-state index contributed by atoms with van der Waals surface area (Å²) in [6.07, 6.45) is 4.88. The van der Waals surface area contributed by atoms with Crippen LogP contribution in [-0.4, -0.2) is 22.3 Å². The van der Waals surface area contributed by atoms with Crippen LogP contribution in [0.1, 0.15) is 58.4 Å². The lowest BCUT2D eigenvalue weighted by Crippen LogP contribution is -2.28. The van der Waals surface area contributed by atoms with Crippen LogP contribution in [0.5, 0.6) is 0 Å². The van der Waals surface area contributed by atoms with E-state index in [0.717, 1.165) is 43.7 Å². The van der Waals surface area contributed by atoms with Gasteiger partial charge in [-0.25, -0.2) is 0 Å². The number of rotatable bonds is 3. The third-order valence-corrected chi connectivity index (χ3v) is 5.58. The summed E-state index contributed by atoms with van der Waals surface area (Å²) in [7, 11) is 0. The first-order valence-corrected chi connectivity index (χ1v) is 9.70. The van der Waals surface area contributed by atoms with Gasteiger partial charge in [0, 0.05) is 12.0 Å². The Bertz CT molecular complexity index is 1100. The van der Waals surface area contributed by atoms with Crippen LogP contribution in [0.2, 0.25) is 0 Å². The number of carbonyl (C=O) groups excluding carboxylic acids is 3. The molecule has 2 aromatic rings. The summed E-state index contributed by atoms with van der Waals surface area (Å²) in [5, 5.41) is 5.08. The molecule has 1 fully saturated rings. The lowest BCUT2D eigenvalue weighted by atomic mass is 9.88. The van der Waals surface area contributed by atoms with Gasteiger partial charge < -0.3 is 11.1 Å². The molecule has 0 spiro atoms. The summed E-state index contributed by atoms with van der Waals surface area (Å²) in [6.45, 7) is 1.85. The molecule has 2 aliphatic rings. The van der Waals surface area contributed by atoms with Gasteiger partial charge in [0.05, 0.1) is 22.5 Å². The summed E-state index contributed by atoms with van der Waals surface area (Å²) < 4.78 is 1.17. The predicted octanol–water partition coefficient (Wildman–Crippen LogP) is 2.13. The maximum absolute atomic E-state index is 12.8. The van der Waals surface area contributed by atoms with E-state index in [-0.39, 0.29) is 28.8 Å². The second-order valence-corrected chi connectivity index (χ2v) is 7.62. The molecule has 4 N–H and O–H groups in total. The SMILES string of the molecule is Cc1ccc(NC(=O)C2CCCCC2)c(-n2c(N)c3c(cc2=O)C(=O)NC3=O)c1. The maximum Gasteiger partial charge on any atom is 0.262 e. The molecule has 29 heavy (non-hydrogen) atoms. The Balaban J connectivity index is 1.80. The average Bonchev–Trinajstić information content (AvgIpc) is 2.98. The fraction of sp³-hybridized carbons (Fsp3) is 0.333. The van der Waals surface area contributed by atoms with Gasteiger partial charge >= 0.3 is 0 Å². The fourth-order valence-electron chi connectivity index (χ4n) is 4.06. The Morgan fingerprint density at radius 3 is 2.55 bits per heavy atom. The van der Waals surface area contributed by atoms with E-state index in [9.17, 15) is 19.2 Å². The van der Waals surface area contributed by atoms with Gasteiger partial charge in [0.2, 0.25) is 5.91 Å². The van der Waals surface area contributed by atoms with Crippen LogP contribution in [0.3, 0.4) is 0 Å². The lowest BCUT2D eigenvalue weighted by molar-refractivity contribution is -0.120. The minimum Gasteiger partial charge on any atom is -0.384 e. The first-order chi connectivity index (χ1) is 13.9. The highest BCUT2D eigenvalue weighted by Crippen LogP contribution is 2.29. The largest absolute Gasteiger partial charge is 0.384 e. The molecule has 0 atom stereocenters. The van der Waals surface area contributed by atoms with Gasteiger partial charge in [-0.15, -0.1) is 0 Å².